The van der Waals surface area contributed by atoms with Crippen LogP contribution in [-0.4, -0.2) is 72.0 Å². The van der Waals surface area contributed by atoms with E-state index in [1.807, 2.05) is 18.2 Å². The molecule has 7 nitrogen and oxygen atoms in total. The minimum absolute atomic E-state index is 0.0124. The highest BCUT2D eigenvalue weighted by Crippen LogP contribution is 2.39. The molecular weight excluding hydrogens is 382 g/mol. The van der Waals surface area contributed by atoms with Crippen molar-refractivity contribution in [3.63, 3.8) is 0 Å². The molecule has 7 heteroatoms. The standard InChI is InChI=1S/C23H33N3O4/c1-16(27)24-15-23(18-7-5-4-6-8-18)11-9-19(20(28)10-12-23)26(3)22(30)17-13-21(29)25(2)14-17/h4-8,17,19-20,28H,9-15H2,1-3H3,(H,24,27)/t17?,19-,20-,23+/m0/s1. The van der Waals surface area contributed by atoms with Crippen molar-refractivity contribution in [2.24, 2.45) is 5.92 Å². The lowest BCUT2D eigenvalue weighted by atomic mass is 9.74. The number of nitrogens with one attached hydrogen (secondary N) is 1. The van der Waals surface area contributed by atoms with Crippen molar-refractivity contribution < 1.29 is 19.5 Å². The van der Waals surface area contributed by atoms with Crippen LogP contribution in [0.2, 0.25) is 0 Å². The van der Waals surface area contributed by atoms with E-state index in [4.69, 9.17) is 0 Å². The Morgan fingerprint density at radius 1 is 1.23 bits per heavy atom. The molecule has 1 aliphatic heterocycles. The van der Waals surface area contributed by atoms with Gasteiger partial charge in [0.1, 0.15) is 0 Å². The van der Waals surface area contributed by atoms with E-state index < -0.39 is 6.10 Å². The van der Waals surface area contributed by atoms with Gasteiger partial charge in [-0.1, -0.05) is 30.3 Å². The van der Waals surface area contributed by atoms with E-state index in [1.165, 1.54) is 6.92 Å². The van der Waals surface area contributed by atoms with Gasteiger partial charge in [0.05, 0.1) is 18.1 Å². The molecule has 1 heterocycles. The first-order valence-electron chi connectivity index (χ1n) is 10.7. The fourth-order valence-electron chi connectivity index (χ4n) is 4.94. The Balaban J connectivity index is 1.78. The van der Waals surface area contributed by atoms with Crippen molar-refractivity contribution in [1.82, 2.24) is 15.1 Å². The van der Waals surface area contributed by atoms with E-state index in [2.05, 4.69) is 17.4 Å². The molecule has 4 atom stereocenters. The quantitative estimate of drug-likeness (QED) is 0.710. The number of nitrogens with zero attached hydrogens (tertiary/aromatic N) is 2. The van der Waals surface area contributed by atoms with Gasteiger partial charge in [-0.05, 0) is 31.2 Å². The second-order valence-electron chi connectivity index (χ2n) is 8.89. The molecule has 1 aliphatic carbocycles. The molecule has 3 amide bonds. The largest absolute Gasteiger partial charge is 0.391 e. The maximum absolute atomic E-state index is 13.0. The number of hydrogen-bond donors (Lipinski definition) is 2. The van der Waals surface area contributed by atoms with Crippen molar-refractivity contribution in [2.75, 3.05) is 27.2 Å². The number of likely N-dealkylation sites (N-methyl/N-ethyl adjacent to an activating group) is 1. The number of amides is 3. The topological polar surface area (TPSA) is 90.0 Å². The first kappa shape index (κ1) is 22.3. The van der Waals surface area contributed by atoms with Crippen LogP contribution in [0.15, 0.2) is 30.3 Å². The van der Waals surface area contributed by atoms with Crippen LogP contribution in [0.5, 0.6) is 0 Å². The van der Waals surface area contributed by atoms with E-state index in [1.54, 1.807) is 23.9 Å². The van der Waals surface area contributed by atoms with Gasteiger partial charge in [0.25, 0.3) is 0 Å². The first-order valence-corrected chi connectivity index (χ1v) is 10.7. The van der Waals surface area contributed by atoms with Crippen LogP contribution in [0.3, 0.4) is 0 Å². The van der Waals surface area contributed by atoms with Gasteiger partial charge in [0.15, 0.2) is 0 Å². The SMILES string of the molecule is CC(=O)NC[C@]1(c2ccccc2)CC[C@H](O)[C@@H](N(C)C(=O)C2CC(=O)N(C)C2)CC1. The summed E-state index contributed by atoms with van der Waals surface area (Å²) in [5.74, 6) is -0.512. The third-order valence-corrected chi connectivity index (χ3v) is 6.88. The van der Waals surface area contributed by atoms with E-state index in [0.29, 0.717) is 25.9 Å². The Bertz CT molecular complexity index is 784. The van der Waals surface area contributed by atoms with E-state index >= 15 is 0 Å². The highest BCUT2D eigenvalue weighted by molar-refractivity contribution is 5.89. The molecule has 3 rings (SSSR count). The van der Waals surface area contributed by atoms with Gasteiger partial charge < -0.3 is 20.2 Å². The van der Waals surface area contributed by atoms with Crippen molar-refractivity contribution in [3.05, 3.63) is 35.9 Å². The minimum atomic E-state index is -0.642. The normalized spacial score (nSPS) is 29.4. The van der Waals surface area contributed by atoms with Crippen LogP contribution in [0, 0.1) is 5.92 Å². The van der Waals surface area contributed by atoms with Crippen LogP contribution in [0.1, 0.15) is 44.6 Å². The zero-order valence-corrected chi connectivity index (χ0v) is 18.1. The number of hydrogen-bond acceptors (Lipinski definition) is 4. The number of likely N-dealkylation sites (tertiary alicyclic amines) is 1. The predicted molar refractivity (Wildman–Crippen MR) is 114 cm³/mol. The van der Waals surface area contributed by atoms with E-state index in [-0.39, 0.29) is 41.5 Å². The van der Waals surface area contributed by atoms with Gasteiger partial charge in [-0.3, -0.25) is 14.4 Å². The number of carbonyl (C=O) groups excluding carboxylic acids is 3. The Kier molecular flexibility index (Phi) is 6.81. The summed E-state index contributed by atoms with van der Waals surface area (Å²) in [5.41, 5.74) is 0.861. The molecule has 2 aliphatic rings. The summed E-state index contributed by atoms with van der Waals surface area (Å²) in [4.78, 5) is 39.7. The van der Waals surface area contributed by atoms with Crippen molar-refractivity contribution >= 4 is 17.7 Å². The fraction of sp³-hybridized carbons (Fsp3) is 0.609. The molecule has 164 valence electrons. The molecule has 0 bridgehead atoms. The van der Waals surface area contributed by atoms with Crippen LogP contribution in [0.25, 0.3) is 0 Å². The maximum atomic E-state index is 13.0. The summed E-state index contributed by atoms with van der Waals surface area (Å²) in [6.07, 6.45) is 2.24. The maximum Gasteiger partial charge on any atom is 0.228 e. The smallest absolute Gasteiger partial charge is 0.228 e. The summed E-state index contributed by atoms with van der Waals surface area (Å²) in [6, 6.07) is 9.80. The van der Waals surface area contributed by atoms with Crippen LogP contribution >= 0.6 is 0 Å². The number of aliphatic hydroxyl groups excluding tert-OH is 1. The summed E-state index contributed by atoms with van der Waals surface area (Å²) in [5, 5.41) is 13.9. The summed E-state index contributed by atoms with van der Waals surface area (Å²) in [7, 11) is 3.45. The van der Waals surface area contributed by atoms with Crippen molar-refractivity contribution in [1.29, 1.82) is 0 Å². The summed E-state index contributed by atoms with van der Waals surface area (Å²) in [6.45, 7) is 2.45. The second-order valence-corrected chi connectivity index (χ2v) is 8.89. The average Bonchev–Trinajstić information content (AvgIpc) is 2.97. The van der Waals surface area contributed by atoms with Gasteiger partial charge in [0, 0.05) is 45.9 Å². The monoisotopic (exact) mass is 415 g/mol. The molecule has 0 aromatic heterocycles. The third-order valence-electron chi connectivity index (χ3n) is 6.88. The van der Waals surface area contributed by atoms with Crippen molar-refractivity contribution in [3.8, 4) is 0 Å². The molecule has 0 radical (unpaired) electrons. The summed E-state index contributed by atoms with van der Waals surface area (Å²) < 4.78 is 0. The van der Waals surface area contributed by atoms with E-state index in [0.717, 1.165) is 18.4 Å². The molecule has 2 N–H and O–H groups in total. The molecular formula is C23H33N3O4. The number of benzene rings is 1. The predicted octanol–water partition coefficient (Wildman–Crippen LogP) is 1.30. The Morgan fingerprint density at radius 2 is 1.90 bits per heavy atom. The molecule has 30 heavy (non-hydrogen) atoms. The highest BCUT2D eigenvalue weighted by Gasteiger charge is 2.42. The van der Waals surface area contributed by atoms with Gasteiger partial charge in [0.2, 0.25) is 17.7 Å². The zero-order valence-electron chi connectivity index (χ0n) is 18.1. The molecule has 1 aromatic carbocycles. The Labute approximate surface area is 178 Å². The number of rotatable bonds is 5. The summed E-state index contributed by atoms with van der Waals surface area (Å²) >= 11 is 0. The number of aliphatic hydroxyl groups is 1. The lowest BCUT2D eigenvalue weighted by Gasteiger charge is -2.34. The van der Waals surface area contributed by atoms with Crippen LogP contribution < -0.4 is 5.32 Å². The highest BCUT2D eigenvalue weighted by atomic mass is 16.3. The lowest BCUT2D eigenvalue weighted by Crippen LogP contribution is -2.47. The van der Waals surface area contributed by atoms with Crippen LogP contribution in [-0.2, 0) is 19.8 Å². The Morgan fingerprint density at radius 3 is 2.50 bits per heavy atom. The minimum Gasteiger partial charge on any atom is -0.391 e. The first-order chi connectivity index (χ1) is 14.2. The van der Waals surface area contributed by atoms with E-state index in [9.17, 15) is 19.5 Å². The third kappa shape index (κ3) is 4.67. The van der Waals surface area contributed by atoms with Gasteiger partial charge in [-0.2, -0.15) is 0 Å². The van der Waals surface area contributed by atoms with Crippen LogP contribution in [0.4, 0.5) is 0 Å². The van der Waals surface area contributed by atoms with Crippen molar-refractivity contribution in [2.45, 2.75) is 56.6 Å². The molecule has 1 saturated heterocycles. The fourth-order valence-corrected chi connectivity index (χ4v) is 4.94. The lowest BCUT2D eigenvalue weighted by molar-refractivity contribution is -0.139. The molecule has 0 spiro atoms. The van der Waals surface area contributed by atoms with Gasteiger partial charge in [-0.15, -0.1) is 0 Å². The second kappa shape index (κ2) is 9.16. The molecule has 1 aromatic rings. The number of carbonyl (C=O) groups is 3. The molecule has 2 fully saturated rings. The van der Waals surface area contributed by atoms with Gasteiger partial charge in [-0.25, -0.2) is 0 Å². The zero-order chi connectivity index (χ0) is 21.9. The van der Waals surface area contributed by atoms with Gasteiger partial charge >= 0.3 is 0 Å². The molecule has 1 unspecified atom stereocenters. The average molecular weight is 416 g/mol. The Hall–Kier alpha value is -2.41. The molecule has 1 saturated carbocycles.